The van der Waals surface area contributed by atoms with E-state index in [1.807, 2.05) is 6.92 Å². The fourth-order valence-electron chi connectivity index (χ4n) is 2.57. The standard InChI is InChI=1S/C12H22N2O2/c1-9-11(13-7-8-16-9)12(15)14-10-5-3-2-4-6-10/h9-11,13H,2-8H2,1H3,(H,14,15)/t9-,11+/m1/s1. The van der Waals surface area contributed by atoms with Crippen LogP contribution in [0.2, 0.25) is 0 Å². The summed E-state index contributed by atoms with van der Waals surface area (Å²) < 4.78 is 5.48. The molecule has 0 radical (unpaired) electrons. The molecule has 1 amide bonds. The van der Waals surface area contributed by atoms with Crippen LogP contribution in [0.25, 0.3) is 0 Å². The predicted octanol–water partition coefficient (Wildman–Crippen LogP) is 0.812. The van der Waals surface area contributed by atoms with Gasteiger partial charge in [-0.1, -0.05) is 19.3 Å². The summed E-state index contributed by atoms with van der Waals surface area (Å²) in [5.41, 5.74) is 0. The summed E-state index contributed by atoms with van der Waals surface area (Å²) in [6, 6.07) is 0.216. The Labute approximate surface area is 97.1 Å². The molecule has 1 heterocycles. The van der Waals surface area contributed by atoms with Crippen molar-refractivity contribution in [3.63, 3.8) is 0 Å². The van der Waals surface area contributed by atoms with Gasteiger partial charge in [-0.25, -0.2) is 0 Å². The Balaban J connectivity index is 1.81. The molecule has 2 aliphatic rings. The fourth-order valence-corrected chi connectivity index (χ4v) is 2.57. The van der Waals surface area contributed by atoms with Crippen molar-refractivity contribution in [2.24, 2.45) is 0 Å². The Morgan fingerprint density at radius 3 is 2.75 bits per heavy atom. The summed E-state index contributed by atoms with van der Waals surface area (Å²) in [5, 5.41) is 6.36. The molecule has 16 heavy (non-hydrogen) atoms. The van der Waals surface area contributed by atoms with Gasteiger partial charge in [0, 0.05) is 12.6 Å². The molecule has 2 N–H and O–H groups in total. The second-order valence-corrected chi connectivity index (χ2v) is 4.85. The topological polar surface area (TPSA) is 50.4 Å². The van der Waals surface area contributed by atoms with Crippen LogP contribution in [0.1, 0.15) is 39.0 Å². The molecular weight excluding hydrogens is 204 g/mol. The van der Waals surface area contributed by atoms with E-state index in [9.17, 15) is 4.79 Å². The van der Waals surface area contributed by atoms with E-state index in [-0.39, 0.29) is 18.1 Å². The van der Waals surface area contributed by atoms with E-state index >= 15 is 0 Å². The van der Waals surface area contributed by atoms with Gasteiger partial charge >= 0.3 is 0 Å². The molecular formula is C12H22N2O2. The minimum absolute atomic E-state index is 0.0164. The van der Waals surface area contributed by atoms with Crippen molar-refractivity contribution in [2.45, 2.75) is 57.2 Å². The Morgan fingerprint density at radius 2 is 2.06 bits per heavy atom. The predicted molar refractivity (Wildman–Crippen MR) is 62.2 cm³/mol. The summed E-state index contributed by atoms with van der Waals surface area (Å²) in [6.45, 7) is 3.43. The average Bonchev–Trinajstić information content (AvgIpc) is 2.31. The molecule has 0 spiro atoms. The van der Waals surface area contributed by atoms with Gasteiger partial charge in [0.2, 0.25) is 5.91 Å². The zero-order valence-electron chi connectivity index (χ0n) is 10.00. The first-order valence-corrected chi connectivity index (χ1v) is 6.43. The number of hydrogen-bond donors (Lipinski definition) is 2. The Kier molecular flexibility index (Phi) is 4.18. The molecule has 0 aromatic carbocycles. The normalized spacial score (nSPS) is 32.3. The summed E-state index contributed by atoms with van der Waals surface area (Å²) in [6.07, 6.45) is 6.05. The Bertz CT molecular complexity index is 239. The first kappa shape index (κ1) is 11.9. The highest BCUT2D eigenvalue weighted by Gasteiger charge is 2.29. The van der Waals surface area contributed by atoms with Crippen LogP contribution in [0.15, 0.2) is 0 Å². The van der Waals surface area contributed by atoms with Crippen LogP contribution in [-0.2, 0) is 9.53 Å². The first-order valence-electron chi connectivity index (χ1n) is 6.43. The third-order valence-electron chi connectivity index (χ3n) is 3.55. The van der Waals surface area contributed by atoms with Crippen LogP contribution in [0.5, 0.6) is 0 Å². The van der Waals surface area contributed by atoms with Crippen molar-refractivity contribution in [1.29, 1.82) is 0 Å². The average molecular weight is 226 g/mol. The summed E-state index contributed by atoms with van der Waals surface area (Å²) >= 11 is 0. The monoisotopic (exact) mass is 226 g/mol. The third-order valence-corrected chi connectivity index (χ3v) is 3.55. The highest BCUT2D eigenvalue weighted by Crippen LogP contribution is 2.17. The highest BCUT2D eigenvalue weighted by atomic mass is 16.5. The maximum absolute atomic E-state index is 12.0. The van der Waals surface area contributed by atoms with Crippen LogP contribution in [-0.4, -0.2) is 37.2 Å². The first-order chi connectivity index (χ1) is 7.77. The lowest BCUT2D eigenvalue weighted by molar-refractivity contribution is -0.129. The maximum atomic E-state index is 12.0. The van der Waals surface area contributed by atoms with Gasteiger partial charge < -0.3 is 15.4 Å². The second-order valence-electron chi connectivity index (χ2n) is 4.85. The summed E-state index contributed by atoms with van der Waals surface area (Å²) in [5.74, 6) is 0.110. The fraction of sp³-hybridized carbons (Fsp3) is 0.917. The highest BCUT2D eigenvalue weighted by molar-refractivity contribution is 5.82. The van der Waals surface area contributed by atoms with E-state index in [1.165, 1.54) is 19.3 Å². The quantitative estimate of drug-likeness (QED) is 0.732. The minimum atomic E-state index is -0.171. The number of rotatable bonds is 2. The van der Waals surface area contributed by atoms with E-state index in [1.54, 1.807) is 0 Å². The molecule has 4 heteroatoms. The number of ether oxygens (including phenoxy) is 1. The molecule has 1 aliphatic heterocycles. The number of amides is 1. The van der Waals surface area contributed by atoms with Crippen molar-refractivity contribution in [2.75, 3.05) is 13.2 Å². The van der Waals surface area contributed by atoms with E-state index in [2.05, 4.69) is 10.6 Å². The van der Waals surface area contributed by atoms with Gasteiger partial charge in [-0.3, -0.25) is 4.79 Å². The van der Waals surface area contributed by atoms with Crippen molar-refractivity contribution in [1.82, 2.24) is 10.6 Å². The SMILES string of the molecule is C[C@H]1OCCN[C@@H]1C(=O)NC1CCCCC1. The van der Waals surface area contributed by atoms with Gasteiger partial charge in [0.05, 0.1) is 12.7 Å². The van der Waals surface area contributed by atoms with Crippen molar-refractivity contribution in [3.8, 4) is 0 Å². The molecule has 2 atom stereocenters. The maximum Gasteiger partial charge on any atom is 0.240 e. The molecule has 0 unspecified atom stereocenters. The smallest absolute Gasteiger partial charge is 0.240 e. The van der Waals surface area contributed by atoms with Crippen LogP contribution in [0, 0.1) is 0 Å². The van der Waals surface area contributed by atoms with E-state index in [4.69, 9.17) is 4.74 Å². The van der Waals surface area contributed by atoms with Crippen molar-refractivity contribution in [3.05, 3.63) is 0 Å². The molecule has 1 saturated carbocycles. The molecule has 0 aromatic rings. The number of carbonyl (C=O) groups excluding carboxylic acids is 1. The summed E-state index contributed by atoms with van der Waals surface area (Å²) in [4.78, 5) is 12.0. The van der Waals surface area contributed by atoms with Gasteiger partial charge in [0.25, 0.3) is 0 Å². The van der Waals surface area contributed by atoms with Crippen LogP contribution in [0.4, 0.5) is 0 Å². The number of nitrogens with one attached hydrogen (secondary N) is 2. The number of hydrogen-bond acceptors (Lipinski definition) is 3. The van der Waals surface area contributed by atoms with E-state index in [0.717, 1.165) is 19.4 Å². The zero-order chi connectivity index (χ0) is 11.4. The second kappa shape index (κ2) is 5.64. The Morgan fingerprint density at radius 1 is 1.31 bits per heavy atom. The molecule has 92 valence electrons. The van der Waals surface area contributed by atoms with Gasteiger partial charge in [0.15, 0.2) is 0 Å². The van der Waals surface area contributed by atoms with Gasteiger partial charge in [-0.15, -0.1) is 0 Å². The van der Waals surface area contributed by atoms with E-state index in [0.29, 0.717) is 12.6 Å². The Hall–Kier alpha value is -0.610. The number of carbonyl (C=O) groups is 1. The molecule has 4 nitrogen and oxygen atoms in total. The van der Waals surface area contributed by atoms with Crippen molar-refractivity contribution < 1.29 is 9.53 Å². The molecule has 0 bridgehead atoms. The van der Waals surface area contributed by atoms with Crippen molar-refractivity contribution >= 4 is 5.91 Å². The minimum Gasteiger partial charge on any atom is -0.375 e. The van der Waals surface area contributed by atoms with Gasteiger partial charge in [0.1, 0.15) is 6.04 Å². The molecule has 2 rings (SSSR count). The number of morpholine rings is 1. The lowest BCUT2D eigenvalue weighted by atomic mass is 9.95. The molecule has 0 aromatic heterocycles. The molecule has 2 fully saturated rings. The molecule has 1 aliphatic carbocycles. The lowest BCUT2D eigenvalue weighted by Gasteiger charge is -2.31. The lowest BCUT2D eigenvalue weighted by Crippen LogP contribution is -2.57. The largest absolute Gasteiger partial charge is 0.375 e. The third kappa shape index (κ3) is 2.95. The molecule has 1 saturated heterocycles. The van der Waals surface area contributed by atoms with Crippen LogP contribution in [0.3, 0.4) is 0 Å². The van der Waals surface area contributed by atoms with Gasteiger partial charge in [-0.05, 0) is 19.8 Å². The van der Waals surface area contributed by atoms with Crippen LogP contribution >= 0.6 is 0 Å². The van der Waals surface area contributed by atoms with E-state index < -0.39 is 0 Å². The zero-order valence-corrected chi connectivity index (χ0v) is 10.00. The van der Waals surface area contributed by atoms with Gasteiger partial charge in [-0.2, -0.15) is 0 Å². The van der Waals surface area contributed by atoms with Crippen LogP contribution < -0.4 is 10.6 Å². The summed E-state index contributed by atoms with van der Waals surface area (Å²) in [7, 11) is 0.